The molecule has 0 heterocycles. The molecule has 3 N–H and O–H groups in total. The van der Waals surface area contributed by atoms with Gasteiger partial charge in [-0.3, -0.25) is 0 Å². The Bertz CT molecular complexity index is 547. The van der Waals surface area contributed by atoms with Crippen molar-refractivity contribution in [2.75, 3.05) is 6.61 Å². The molecule has 0 spiro atoms. The first-order valence-corrected chi connectivity index (χ1v) is 5.88. The first-order valence-electron chi connectivity index (χ1n) is 5.88. The minimum atomic E-state index is -5.05. The Balaban J connectivity index is 3.14. The molecule has 0 saturated carbocycles. The minimum Gasteiger partial charge on any atom is -0.508 e. The Morgan fingerprint density at radius 1 is 1.32 bits per heavy atom. The maximum atomic E-state index is 13.8. The van der Waals surface area contributed by atoms with Crippen molar-refractivity contribution in [2.45, 2.75) is 25.3 Å². The number of hydrogen-bond acceptors (Lipinski definition) is 5. The van der Waals surface area contributed by atoms with Crippen LogP contribution in [0.4, 0.5) is 22.0 Å². The first-order chi connectivity index (χ1) is 9.99. The Kier molecular flexibility index (Phi) is 5.17. The molecular weight excluding hydrogens is 317 g/mol. The summed E-state index contributed by atoms with van der Waals surface area (Å²) in [7, 11) is 0. The van der Waals surface area contributed by atoms with E-state index in [-0.39, 0.29) is 6.61 Å². The number of phenolic OH excluding ortho intramolecular Hbond substituents is 1. The van der Waals surface area contributed by atoms with E-state index in [4.69, 9.17) is 5.73 Å². The van der Waals surface area contributed by atoms with E-state index in [2.05, 4.69) is 9.47 Å². The molecule has 10 heteroatoms. The number of carbonyl (C=O) groups excluding carboxylic acids is 1. The summed E-state index contributed by atoms with van der Waals surface area (Å²) in [5.74, 6) is -7.88. The van der Waals surface area contributed by atoms with Gasteiger partial charge in [-0.1, -0.05) is 0 Å². The molecule has 22 heavy (non-hydrogen) atoms. The third-order valence-corrected chi connectivity index (χ3v) is 2.51. The number of benzene rings is 1. The van der Waals surface area contributed by atoms with Gasteiger partial charge in [0.05, 0.1) is 6.61 Å². The van der Waals surface area contributed by atoms with Crippen LogP contribution in [0.15, 0.2) is 18.2 Å². The second kappa shape index (κ2) is 6.34. The van der Waals surface area contributed by atoms with Gasteiger partial charge in [0.2, 0.25) is 0 Å². The van der Waals surface area contributed by atoms with Gasteiger partial charge < -0.3 is 20.3 Å². The number of aromatic hydroxyl groups is 1. The Labute approximate surface area is 121 Å². The van der Waals surface area contributed by atoms with E-state index in [9.17, 15) is 31.9 Å². The zero-order valence-corrected chi connectivity index (χ0v) is 11.2. The first kappa shape index (κ1) is 18.0. The van der Waals surface area contributed by atoms with Crippen molar-refractivity contribution >= 4 is 5.97 Å². The van der Waals surface area contributed by atoms with Crippen LogP contribution >= 0.6 is 0 Å². The molecule has 0 aliphatic rings. The van der Waals surface area contributed by atoms with E-state index in [1.54, 1.807) is 0 Å². The largest absolute Gasteiger partial charge is 0.573 e. The molecule has 1 atom stereocenters. The Morgan fingerprint density at radius 3 is 2.41 bits per heavy atom. The van der Waals surface area contributed by atoms with E-state index in [1.807, 2.05) is 0 Å². The van der Waals surface area contributed by atoms with Crippen LogP contribution in [0, 0.1) is 0 Å². The topological polar surface area (TPSA) is 81.8 Å². The van der Waals surface area contributed by atoms with E-state index < -0.39 is 41.4 Å². The number of esters is 1. The molecule has 0 saturated heterocycles. The fourth-order valence-electron chi connectivity index (χ4n) is 1.53. The molecule has 0 fully saturated rings. The van der Waals surface area contributed by atoms with Gasteiger partial charge in [0.1, 0.15) is 17.5 Å². The van der Waals surface area contributed by atoms with Crippen LogP contribution in [0.1, 0.15) is 18.5 Å². The highest BCUT2D eigenvalue weighted by Gasteiger charge is 2.48. The zero-order valence-electron chi connectivity index (χ0n) is 11.2. The molecule has 5 nitrogen and oxygen atoms in total. The summed E-state index contributed by atoms with van der Waals surface area (Å²) in [6.45, 7) is 0.944. The van der Waals surface area contributed by atoms with Gasteiger partial charge in [-0.2, -0.15) is 8.78 Å². The number of alkyl halides is 5. The number of ether oxygens (including phenoxy) is 2. The Hall–Kier alpha value is -2.10. The fraction of sp³-hybridized carbons (Fsp3) is 0.417. The van der Waals surface area contributed by atoms with Crippen molar-refractivity contribution in [3.63, 3.8) is 0 Å². The van der Waals surface area contributed by atoms with Crippen molar-refractivity contribution < 1.29 is 41.3 Å². The second-order valence-electron chi connectivity index (χ2n) is 4.09. The monoisotopic (exact) mass is 329 g/mol. The van der Waals surface area contributed by atoms with Crippen molar-refractivity contribution in [1.82, 2.24) is 0 Å². The summed E-state index contributed by atoms with van der Waals surface area (Å²) in [6.07, 6.45) is -5.05. The van der Waals surface area contributed by atoms with Crippen LogP contribution in [0.2, 0.25) is 0 Å². The van der Waals surface area contributed by atoms with Crippen LogP contribution in [0.5, 0.6) is 11.5 Å². The molecule has 0 unspecified atom stereocenters. The lowest BCUT2D eigenvalue weighted by molar-refractivity contribution is -0.274. The molecule has 0 aromatic heterocycles. The zero-order chi connectivity index (χ0) is 17.1. The van der Waals surface area contributed by atoms with Crippen LogP contribution in [-0.4, -0.2) is 30.0 Å². The van der Waals surface area contributed by atoms with E-state index in [0.29, 0.717) is 18.2 Å². The summed E-state index contributed by atoms with van der Waals surface area (Å²) < 4.78 is 71.5. The summed E-state index contributed by atoms with van der Waals surface area (Å²) in [4.78, 5) is 11.2. The van der Waals surface area contributed by atoms with Crippen molar-refractivity contribution in [3.8, 4) is 11.5 Å². The van der Waals surface area contributed by atoms with Crippen LogP contribution in [-0.2, 0) is 9.53 Å². The van der Waals surface area contributed by atoms with Gasteiger partial charge in [0.15, 0.2) is 0 Å². The predicted molar refractivity (Wildman–Crippen MR) is 63.3 cm³/mol. The van der Waals surface area contributed by atoms with Gasteiger partial charge in [-0.25, -0.2) is 4.79 Å². The average molecular weight is 329 g/mol. The van der Waals surface area contributed by atoms with Crippen LogP contribution in [0.25, 0.3) is 0 Å². The number of nitrogens with two attached hydrogens (primary N) is 1. The standard InChI is InChI=1S/C12H12F5NO4/c1-2-21-10(20)11(13,14)9(18)7-5-6(3-4-8(7)19)22-12(15,16)17/h3-5,9,19H,2,18H2,1H3/t9-/m0/s1. The lowest BCUT2D eigenvalue weighted by Gasteiger charge is -2.23. The van der Waals surface area contributed by atoms with Crippen LogP contribution < -0.4 is 10.5 Å². The molecule has 0 amide bonds. The molecule has 1 rings (SSSR count). The highest BCUT2D eigenvalue weighted by atomic mass is 19.4. The van der Waals surface area contributed by atoms with E-state index >= 15 is 0 Å². The molecule has 0 aliphatic carbocycles. The van der Waals surface area contributed by atoms with Gasteiger partial charge in [-0.15, -0.1) is 13.2 Å². The molecule has 1 aromatic rings. The number of hydrogen-bond donors (Lipinski definition) is 2. The minimum absolute atomic E-state index is 0.343. The molecule has 124 valence electrons. The molecule has 0 bridgehead atoms. The lowest BCUT2D eigenvalue weighted by Crippen LogP contribution is -2.41. The predicted octanol–water partition coefficient (Wildman–Crippen LogP) is 2.49. The summed E-state index contributed by atoms with van der Waals surface area (Å²) in [5, 5.41) is 9.48. The van der Waals surface area contributed by atoms with Gasteiger partial charge in [0, 0.05) is 5.56 Å². The van der Waals surface area contributed by atoms with Gasteiger partial charge in [0.25, 0.3) is 0 Å². The lowest BCUT2D eigenvalue weighted by atomic mass is 10.00. The van der Waals surface area contributed by atoms with Crippen molar-refractivity contribution in [2.24, 2.45) is 5.73 Å². The van der Waals surface area contributed by atoms with Crippen molar-refractivity contribution in [1.29, 1.82) is 0 Å². The molecule has 1 aromatic carbocycles. The number of rotatable bonds is 5. The SMILES string of the molecule is CCOC(=O)C(F)(F)[C@@H](N)c1cc(OC(F)(F)F)ccc1O. The number of halogens is 5. The second-order valence-corrected chi connectivity index (χ2v) is 4.09. The molecular formula is C12H12F5NO4. The smallest absolute Gasteiger partial charge is 0.508 e. The third kappa shape index (κ3) is 4.20. The highest BCUT2D eigenvalue weighted by molar-refractivity contribution is 5.79. The maximum absolute atomic E-state index is 13.8. The fourth-order valence-corrected chi connectivity index (χ4v) is 1.53. The summed E-state index contributed by atoms with van der Waals surface area (Å²) >= 11 is 0. The van der Waals surface area contributed by atoms with E-state index in [0.717, 1.165) is 0 Å². The normalized spacial score (nSPS) is 13.6. The molecule has 0 aliphatic heterocycles. The van der Waals surface area contributed by atoms with Crippen LogP contribution in [0.3, 0.4) is 0 Å². The summed E-state index contributed by atoms with van der Waals surface area (Å²) in [6, 6.07) is -0.539. The van der Waals surface area contributed by atoms with Crippen molar-refractivity contribution in [3.05, 3.63) is 23.8 Å². The number of carbonyl (C=O) groups is 1. The highest BCUT2D eigenvalue weighted by Crippen LogP contribution is 2.37. The summed E-state index contributed by atoms with van der Waals surface area (Å²) in [5.41, 5.74) is 4.40. The third-order valence-electron chi connectivity index (χ3n) is 2.51. The van der Waals surface area contributed by atoms with Gasteiger partial charge >= 0.3 is 18.3 Å². The van der Waals surface area contributed by atoms with E-state index in [1.165, 1.54) is 6.92 Å². The molecule has 0 radical (unpaired) electrons. The maximum Gasteiger partial charge on any atom is 0.573 e. The quantitative estimate of drug-likeness (QED) is 0.641. The Morgan fingerprint density at radius 2 is 1.91 bits per heavy atom. The average Bonchev–Trinajstić information content (AvgIpc) is 2.38. The number of phenols is 1. The van der Waals surface area contributed by atoms with Gasteiger partial charge in [-0.05, 0) is 25.1 Å².